The first kappa shape index (κ1) is 20.8. The summed E-state index contributed by atoms with van der Waals surface area (Å²) in [6.07, 6.45) is 4.07. The molecular formula is C25H27FN4O2. The van der Waals surface area contributed by atoms with Gasteiger partial charge in [-0.1, -0.05) is 24.3 Å². The summed E-state index contributed by atoms with van der Waals surface area (Å²) >= 11 is 0. The summed E-state index contributed by atoms with van der Waals surface area (Å²) in [6, 6.07) is 11.9. The fourth-order valence-corrected chi connectivity index (χ4v) is 4.81. The van der Waals surface area contributed by atoms with E-state index in [-0.39, 0.29) is 17.0 Å². The van der Waals surface area contributed by atoms with Crippen molar-refractivity contribution in [1.29, 1.82) is 0 Å². The van der Waals surface area contributed by atoms with Gasteiger partial charge >= 0.3 is 0 Å². The molecule has 2 aromatic carbocycles. The van der Waals surface area contributed by atoms with Crippen LogP contribution in [0.4, 0.5) is 4.39 Å². The van der Waals surface area contributed by atoms with Crippen LogP contribution in [0.5, 0.6) is 0 Å². The van der Waals surface area contributed by atoms with Gasteiger partial charge in [0, 0.05) is 24.9 Å². The van der Waals surface area contributed by atoms with Crippen molar-refractivity contribution in [3.63, 3.8) is 0 Å². The number of nitrogens with zero attached hydrogens (tertiary/aromatic N) is 3. The standard InChI is InChI=1S/C25H27FN4O2/c26-22-8-7-17(14-23-19-5-1-2-6-20(19)24(31)28-27-23)13-21(22)25(32)30-15-18(16-30)9-12-29-10-3-4-11-29/h1-2,5-8,13,18H,3-4,9-12,14-16H2,(H,28,31). The van der Waals surface area contributed by atoms with Crippen molar-refractivity contribution in [2.24, 2.45) is 5.92 Å². The van der Waals surface area contributed by atoms with E-state index in [0.717, 1.165) is 23.9 Å². The lowest BCUT2D eigenvalue weighted by Gasteiger charge is -2.40. The largest absolute Gasteiger partial charge is 0.338 e. The van der Waals surface area contributed by atoms with E-state index in [2.05, 4.69) is 15.1 Å². The van der Waals surface area contributed by atoms with E-state index in [4.69, 9.17) is 0 Å². The minimum Gasteiger partial charge on any atom is -0.338 e. The molecule has 1 amide bonds. The van der Waals surface area contributed by atoms with E-state index in [1.165, 1.54) is 32.0 Å². The number of halogens is 1. The van der Waals surface area contributed by atoms with E-state index in [9.17, 15) is 14.0 Å². The highest BCUT2D eigenvalue weighted by Crippen LogP contribution is 2.25. The first-order chi connectivity index (χ1) is 15.6. The number of aromatic amines is 1. The summed E-state index contributed by atoms with van der Waals surface area (Å²) in [4.78, 5) is 29.2. The Kier molecular flexibility index (Phi) is 5.74. The lowest BCUT2D eigenvalue weighted by Crippen LogP contribution is -2.50. The lowest BCUT2D eigenvalue weighted by atomic mass is 9.94. The number of likely N-dealkylation sites (tertiary alicyclic amines) is 2. The molecular weight excluding hydrogens is 407 g/mol. The second-order valence-electron chi connectivity index (χ2n) is 8.95. The average Bonchev–Trinajstić information content (AvgIpc) is 3.29. The molecule has 32 heavy (non-hydrogen) atoms. The van der Waals surface area contributed by atoms with Gasteiger partial charge in [-0.05, 0) is 68.6 Å². The van der Waals surface area contributed by atoms with Crippen molar-refractivity contribution in [3.8, 4) is 0 Å². The molecule has 1 aromatic heterocycles. The van der Waals surface area contributed by atoms with E-state index in [1.807, 2.05) is 18.2 Å². The number of H-pyrrole nitrogens is 1. The van der Waals surface area contributed by atoms with Gasteiger partial charge in [0.15, 0.2) is 0 Å². The van der Waals surface area contributed by atoms with Crippen LogP contribution in [0.25, 0.3) is 10.8 Å². The third kappa shape index (κ3) is 4.17. The summed E-state index contributed by atoms with van der Waals surface area (Å²) < 4.78 is 14.5. The minimum atomic E-state index is -0.501. The van der Waals surface area contributed by atoms with Crippen LogP contribution in [-0.4, -0.2) is 58.6 Å². The van der Waals surface area contributed by atoms with Gasteiger partial charge in [0.1, 0.15) is 5.82 Å². The van der Waals surface area contributed by atoms with E-state index in [1.54, 1.807) is 23.1 Å². The number of carbonyl (C=O) groups excluding carboxylic acids is 1. The summed E-state index contributed by atoms with van der Waals surface area (Å²) in [6.45, 7) is 4.86. The maximum absolute atomic E-state index is 14.5. The van der Waals surface area contributed by atoms with Gasteiger partial charge in [-0.2, -0.15) is 5.10 Å². The fraction of sp³-hybridized carbons (Fsp3) is 0.400. The van der Waals surface area contributed by atoms with Crippen LogP contribution in [0.15, 0.2) is 47.3 Å². The van der Waals surface area contributed by atoms with Gasteiger partial charge in [-0.15, -0.1) is 0 Å². The van der Waals surface area contributed by atoms with Crippen LogP contribution in [0.2, 0.25) is 0 Å². The van der Waals surface area contributed by atoms with Crippen molar-refractivity contribution >= 4 is 16.7 Å². The quantitative estimate of drug-likeness (QED) is 0.647. The van der Waals surface area contributed by atoms with Crippen LogP contribution in [0.1, 0.15) is 40.9 Å². The van der Waals surface area contributed by atoms with Crippen molar-refractivity contribution in [2.45, 2.75) is 25.7 Å². The number of aromatic nitrogens is 2. The highest BCUT2D eigenvalue weighted by Gasteiger charge is 2.32. The van der Waals surface area contributed by atoms with Gasteiger partial charge in [0.25, 0.3) is 11.5 Å². The van der Waals surface area contributed by atoms with Gasteiger partial charge in [0.05, 0.1) is 16.6 Å². The molecule has 2 aliphatic rings. The molecule has 0 radical (unpaired) electrons. The van der Waals surface area contributed by atoms with Gasteiger partial charge in [-0.3, -0.25) is 9.59 Å². The molecule has 6 nitrogen and oxygen atoms in total. The summed E-state index contributed by atoms with van der Waals surface area (Å²) in [5.74, 6) is -0.248. The first-order valence-electron chi connectivity index (χ1n) is 11.3. The molecule has 0 saturated carbocycles. The molecule has 2 fully saturated rings. The Bertz CT molecular complexity index is 1200. The van der Waals surface area contributed by atoms with Crippen molar-refractivity contribution < 1.29 is 9.18 Å². The number of amides is 1. The van der Waals surface area contributed by atoms with Crippen molar-refractivity contribution in [3.05, 3.63) is 75.5 Å². The SMILES string of the molecule is O=C(c1cc(Cc2n[nH]c(=O)c3ccccc23)ccc1F)N1CC(CCN2CCCC2)C1. The van der Waals surface area contributed by atoms with Gasteiger partial charge in [0.2, 0.25) is 0 Å². The molecule has 0 spiro atoms. The maximum atomic E-state index is 14.5. The van der Waals surface area contributed by atoms with E-state index in [0.29, 0.717) is 36.5 Å². The smallest absolute Gasteiger partial charge is 0.272 e. The number of benzene rings is 2. The summed E-state index contributed by atoms with van der Waals surface area (Å²) in [7, 11) is 0. The second-order valence-corrected chi connectivity index (χ2v) is 8.95. The third-order valence-corrected chi connectivity index (χ3v) is 6.70. The zero-order valence-electron chi connectivity index (χ0n) is 18.0. The Morgan fingerprint density at radius 3 is 2.62 bits per heavy atom. The minimum absolute atomic E-state index is 0.106. The predicted molar refractivity (Wildman–Crippen MR) is 121 cm³/mol. The normalized spacial score (nSPS) is 17.1. The van der Waals surface area contributed by atoms with Crippen LogP contribution < -0.4 is 5.56 Å². The number of fused-ring (bicyclic) bond motifs is 1. The molecule has 0 atom stereocenters. The fourth-order valence-electron chi connectivity index (χ4n) is 4.81. The Hall–Kier alpha value is -3.06. The van der Waals surface area contributed by atoms with Crippen molar-refractivity contribution in [1.82, 2.24) is 20.0 Å². The Labute approximate surface area is 186 Å². The number of hydrogen-bond acceptors (Lipinski definition) is 4. The average molecular weight is 435 g/mol. The molecule has 2 saturated heterocycles. The second kappa shape index (κ2) is 8.82. The van der Waals surface area contributed by atoms with Crippen LogP contribution in [0.3, 0.4) is 0 Å². The number of hydrogen-bond donors (Lipinski definition) is 1. The zero-order valence-corrected chi connectivity index (χ0v) is 18.0. The Balaban J connectivity index is 1.27. The third-order valence-electron chi connectivity index (χ3n) is 6.70. The molecule has 7 heteroatoms. The molecule has 5 rings (SSSR count). The molecule has 3 heterocycles. The van der Waals surface area contributed by atoms with Crippen molar-refractivity contribution in [2.75, 3.05) is 32.7 Å². The van der Waals surface area contributed by atoms with Crippen LogP contribution in [-0.2, 0) is 6.42 Å². The van der Waals surface area contributed by atoms with E-state index < -0.39 is 5.82 Å². The molecule has 2 aliphatic heterocycles. The summed E-state index contributed by atoms with van der Waals surface area (Å²) in [5, 5.41) is 8.05. The highest BCUT2D eigenvalue weighted by molar-refractivity contribution is 5.95. The van der Waals surface area contributed by atoms with Crippen LogP contribution in [0, 0.1) is 11.7 Å². The molecule has 0 unspecified atom stereocenters. The Morgan fingerprint density at radius 1 is 1.09 bits per heavy atom. The predicted octanol–water partition coefficient (Wildman–Crippen LogP) is 3.21. The molecule has 1 N–H and O–H groups in total. The van der Waals surface area contributed by atoms with E-state index >= 15 is 0 Å². The number of rotatable bonds is 6. The molecule has 3 aromatic rings. The van der Waals surface area contributed by atoms with Gasteiger partial charge < -0.3 is 9.80 Å². The topological polar surface area (TPSA) is 69.3 Å². The van der Waals surface area contributed by atoms with Gasteiger partial charge in [-0.25, -0.2) is 9.49 Å². The summed E-state index contributed by atoms with van der Waals surface area (Å²) in [5.41, 5.74) is 1.34. The highest BCUT2D eigenvalue weighted by atomic mass is 19.1. The monoisotopic (exact) mass is 434 g/mol. The molecule has 0 bridgehead atoms. The first-order valence-corrected chi connectivity index (χ1v) is 11.3. The lowest BCUT2D eigenvalue weighted by molar-refractivity contribution is 0.0463. The number of nitrogens with one attached hydrogen (secondary N) is 1. The number of carbonyl (C=O) groups is 1. The molecule has 0 aliphatic carbocycles. The Morgan fingerprint density at radius 2 is 1.84 bits per heavy atom. The molecule has 166 valence electrons. The van der Waals surface area contributed by atoms with Crippen LogP contribution >= 0.6 is 0 Å². The maximum Gasteiger partial charge on any atom is 0.272 e. The zero-order chi connectivity index (χ0) is 22.1.